The average Bonchev–Trinajstić information content (AvgIpc) is 2.46. The first kappa shape index (κ1) is 16.8. The van der Waals surface area contributed by atoms with Crippen molar-refractivity contribution >= 4 is 18.3 Å². The van der Waals surface area contributed by atoms with Crippen LogP contribution < -0.4 is 10.5 Å². The first-order valence-electron chi connectivity index (χ1n) is 6.84. The molecule has 1 aliphatic heterocycles. The zero-order chi connectivity index (χ0) is 13.8. The van der Waals surface area contributed by atoms with Gasteiger partial charge < -0.3 is 15.4 Å². The molecule has 2 rings (SSSR count). The molecule has 2 N–H and O–H groups in total. The second kappa shape index (κ2) is 7.50. The maximum absolute atomic E-state index is 12.7. The molecule has 4 nitrogen and oxygen atoms in total. The van der Waals surface area contributed by atoms with Crippen LogP contribution in [0.25, 0.3) is 0 Å². The van der Waals surface area contributed by atoms with Crippen molar-refractivity contribution in [1.29, 1.82) is 0 Å². The lowest BCUT2D eigenvalue weighted by Gasteiger charge is -2.38. The lowest BCUT2D eigenvalue weighted by atomic mass is 9.96. The standard InChI is InChI=1S/C15H22N2O2.ClH/c1-11(16)13-8-5-6-10-17(13)15(18)12-7-3-4-9-14(12)19-2;/h3-4,7,9,11,13H,5-6,8,10,16H2,1-2H3;1H. The van der Waals surface area contributed by atoms with Gasteiger partial charge in [-0.15, -0.1) is 12.4 Å². The summed E-state index contributed by atoms with van der Waals surface area (Å²) < 4.78 is 5.27. The fourth-order valence-electron chi connectivity index (χ4n) is 2.73. The number of rotatable bonds is 3. The molecule has 20 heavy (non-hydrogen) atoms. The highest BCUT2D eigenvalue weighted by molar-refractivity contribution is 5.97. The molecule has 0 radical (unpaired) electrons. The summed E-state index contributed by atoms with van der Waals surface area (Å²) in [5.41, 5.74) is 6.64. The molecule has 1 aromatic rings. The first-order chi connectivity index (χ1) is 9.15. The van der Waals surface area contributed by atoms with Crippen molar-refractivity contribution in [2.24, 2.45) is 5.73 Å². The number of carbonyl (C=O) groups is 1. The van der Waals surface area contributed by atoms with E-state index >= 15 is 0 Å². The molecule has 1 saturated heterocycles. The predicted molar refractivity (Wildman–Crippen MR) is 82.6 cm³/mol. The molecule has 1 aliphatic rings. The molecule has 1 amide bonds. The van der Waals surface area contributed by atoms with E-state index < -0.39 is 0 Å². The number of halogens is 1. The van der Waals surface area contributed by atoms with Crippen molar-refractivity contribution in [3.8, 4) is 5.75 Å². The molecule has 5 heteroatoms. The molecular formula is C15H23ClN2O2. The lowest BCUT2D eigenvalue weighted by Crippen LogP contribution is -2.51. The molecule has 1 heterocycles. The Morgan fingerprint density at radius 3 is 2.75 bits per heavy atom. The number of nitrogens with zero attached hydrogens (tertiary/aromatic N) is 1. The zero-order valence-electron chi connectivity index (χ0n) is 12.0. The first-order valence-corrected chi connectivity index (χ1v) is 6.84. The fraction of sp³-hybridized carbons (Fsp3) is 0.533. The van der Waals surface area contributed by atoms with Gasteiger partial charge in [0.1, 0.15) is 5.75 Å². The highest BCUT2D eigenvalue weighted by Crippen LogP contribution is 2.25. The average molecular weight is 299 g/mol. The molecule has 0 spiro atoms. The van der Waals surface area contributed by atoms with E-state index in [1.54, 1.807) is 7.11 Å². The van der Waals surface area contributed by atoms with E-state index in [0.717, 1.165) is 25.8 Å². The minimum Gasteiger partial charge on any atom is -0.496 e. The minimum atomic E-state index is -0.000966. The molecule has 2 unspecified atom stereocenters. The van der Waals surface area contributed by atoms with Crippen LogP contribution in [0.5, 0.6) is 5.75 Å². The summed E-state index contributed by atoms with van der Waals surface area (Å²) in [6.45, 7) is 2.75. The van der Waals surface area contributed by atoms with Crippen LogP contribution in [0.4, 0.5) is 0 Å². The van der Waals surface area contributed by atoms with Gasteiger partial charge in [0.2, 0.25) is 0 Å². The van der Waals surface area contributed by atoms with Gasteiger partial charge in [-0.3, -0.25) is 4.79 Å². The van der Waals surface area contributed by atoms with Crippen LogP contribution in [-0.2, 0) is 0 Å². The van der Waals surface area contributed by atoms with Crippen molar-refractivity contribution in [2.75, 3.05) is 13.7 Å². The highest BCUT2D eigenvalue weighted by Gasteiger charge is 2.30. The smallest absolute Gasteiger partial charge is 0.257 e. The minimum absolute atomic E-state index is 0. The van der Waals surface area contributed by atoms with Crippen molar-refractivity contribution in [1.82, 2.24) is 4.90 Å². The largest absolute Gasteiger partial charge is 0.496 e. The highest BCUT2D eigenvalue weighted by atomic mass is 35.5. The van der Waals surface area contributed by atoms with Gasteiger partial charge in [0.15, 0.2) is 0 Å². The maximum Gasteiger partial charge on any atom is 0.257 e. The Labute approximate surface area is 126 Å². The van der Waals surface area contributed by atoms with Gasteiger partial charge >= 0.3 is 0 Å². The molecule has 0 aliphatic carbocycles. The van der Waals surface area contributed by atoms with Crippen LogP contribution in [0, 0.1) is 0 Å². The van der Waals surface area contributed by atoms with Crippen LogP contribution in [-0.4, -0.2) is 36.5 Å². The SMILES string of the molecule is COc1ccccc1C(=O)N1CCCCC1C(C)N.Cl. The number of piperidine rings is 1. The summed E-state index contributed by atoms with van der Waals surface area (Å²) in [6.07, 6.45) is 3.17. The van der Waals surface area contributed by atoms with Crippen LogP contribution in [0.15, 0.2) is 24.3 Å². The monoisotopic (exact) mass is 298 g/mol. The van der Waals surface area contributed by atoms with E-state index in [1.165, 1.54) is 0 Å². The van der Waals surface area contributed by atoms with Crippen LogP contribution in [0.2, 0.25) is 0 Å². The Balaban J connectivity index is 0.00000200. The summed E-state index contributed by atoms with van der Waals surface area (Å²) >= 11 is 0. The van der Waals surface area contributed by atoms with E-state index in [-0.39, 0.29) is 30.4 Å². The summed E-state index contributed by atoms with van der Waals surface area (Å²) in [4.78, 5) is 14.6. The summed E-state index contributed by atoms with van der Waals surface area (Å²) in [5.74, 6) is 0.654. The van der Waals surface area contributed by atoms with E-state index in [4.69, 9.17) is 10.5 Å². The van der Waals surface area contributed by atoms with Crippen LogP contribution in [0.3, 0.4) is 0 Å². The Morgan fingerprint density at radius 2 is 2.10 bits per heavy atom. The number of benzene rings is 1. The normalized spacial score (nSPS) is 19.9. The van der Waals surface area contributed by atoms with Crippen LogP contribution in [0.1, 0.15) is 36.5 Å². The lowest BCUT2D eigenvalue weighted by molar-refractivity contribution is 0.0580. The quantitative estimate of drug-likeness (QED) is 0.932. The molecule has 1 fully saturated rings. The Morgan fingerprint density at radius 1 is 1.40 bits per heavy atom. The van der Waals surface area contributed by atoms with Gasteiger partial charge in [0, 0.05) is 18.6 Å². The second-order valence-corrected chi connectivity index (χ2v) is 5.12. The Kier molecular flexibility index (Phi) is 6.30. The van der Waals surface area contributed by atoms with E-state index in [1.807, 2.05) is 36.1 Å². The number of hydrogen-bond donors (Lipinski definition) is 1. The van der Waals surface area contributed by atoms with Gasteiger partial charge in [-0.1, -0.05) is 12.1 Å². The summed E-state index contributed by atoms with van der Waals surface area (Å²) in [6, 6.07) is 7.49. The fourth-order valence-corrected chi connectivity index (χ4v) is 2.73. The van der Waals surface area contributed by atoms with E-state index in [2.05, 4.69) is 0 Å². The van der Waals surface area contributed by atoms with Crippen molar-refractivity contribution in [2.45, 2.75) is 38.3 Å². The number of nitrogens with two attached hydrogens (primary N) is 1. The second-order valence-electron chi connectivity index (χ2n) is 5.12. The molecule has 1 aromatic carbocycles. The molecule has 2 atom stereocenters. The zero-order valence-corrected chi connectivity index (χ0v) is 12.9. The summed E-state index contributed by atoms with van der Waals surface area (Å²) in [5, 5.41) is 0. The molecule has 112 valence electrons. The van der Waals surface area contributed by atoms with E-state index in [0.29, 0.717) is 11.3 Å². The summed E-state index contributed by atoms with van der Waals surface area (Å²) in [7, 11) is 1.59. The number of ether oxygens (including phenoxy) is 1. The maximum atomic E-state index is 12.7. The van der Waals surface area contributed by atoms with Crippen molar-refractivity contribution < 1.29 is 9.53 Å². The third-order valence-corrected chi connectivity index (χ3v) is 3.75. The number of para-hydroxylation sites is 1. The number of hydrogen-bond acceptors (Lipinski definition) is 3. The number of amides is 1. The Hall–Kier alpha value is -1.26. The number of carbonyl (C=O) groups excluding carboxylic acids is 1. The Bertz CT molecular complexity index is 451. The number of likely N-dealkylation sites (tertiary alicyclic amines) is 1. The molecule has 0 saturated carbocycles. The van der Waals surface area contributed by atoms with E-state index in [9.17, 15) is 4.79 Å². The van der Waals surface area contributed by atoms with Gasteiger partial charge in [0.25, 0.3) is 5.91 Å². The van der Waals surface area contributed by atoms with Crippen molar-refractivity contribution in [3.05, 3.63) is 29.8 Å². The predicted octanol–water partition coefficient (Wildman–Crippen LogP) is 2.46. The molecule has 0 bridgehead atoms. The molecular weight excluding hydrogens is 276 g/mol. The van der Waals surface area contributed by atoms with Gasteiger partial charge in [0.05, 0.1) is 12.7 Å². The van der Waals surface area contributed by atoms with Gasteiger partial charge in [-0.25, -0.2) is 0 Å². The van der Waals surface area contributed by atoms with Crippen LogP contribution >= 0.6 is 12.4 Å². The number of methoxy groups -OCH3 is 1. The third kappa shape index (κ3) is 3.44. The van der Waals surface area contributed by atoms with Crippen molar-refractivity contribution in [3.63, 3.8) is 0 Å². The third-order valence-electron chi connectivity index (χ3n) is 3.75. The van der Waals surface area contributed by atoms with Gasteiger partial charge in [-0.2, -0.15) is 0 Å². The van der Waals surface area contributed by atoms with Gasteiger partial charge in [-0.05, 0) is 38.3 Å². The topological polar surface area (TPSA) is 55.6 Å². The molecule has 0 aromatic heterocycles.